The van der Waals surface area contributed by atoms with E-state index in [0.717, 1.165) is 30.6 Å². The van der Waals surface area contributed by atoms with Crippen molar-refractivity contribution in [2.45, 2.75) is 77.6 Å². The van der Waals surface area contributed by atoms with E-state index in [1.807, 2.05) is 0 Å². The van der Waals surface area contributed by atoms with E-state index in [0.29, 0.717) is 0 Å². The Morgan fingerprint density at radius 2 is 1.62 bits per heavy atom. The summed E-state index contributed by atoms with van der Waals surface area (Å²) in [6.45, 7) is 5.26. The zero-order valence-corrected chi connectivity index (χ0v) is 13.9. The largest absolute Gasteiger partial charge is 0.494 e. The summed E-state index contributed by atoms with van der Waals surface area (Å²) in [5.41, 5.74) is 1.52. The Kier molecular flexibility index (Phi) is 7.12. The van der Waals surface area contributed by atoms with Crippen LogP contribution in [0, 0.1) is 5.92 Å². The van der Waals surface area contributed by atoms with Gasteiger partial charge in [0.1, 0.15) is 5.75 Å². The van der Waals surface area contributed by atoms with Crippen molar-refractivity contribution >= 4 is 0 Å². The molecule has 1 aliphatic rings. The maximum absolute atomic E-state index is 5.67. The molecule has 0 bridgehead atoms. The SMILES string of the molecule is CCCCCC1CCC(c2ccc(OCCC)cc2)CC1. The summed E-state index contributed by atoms with van der Waals surface area (Å²) in [4.78, 5) is 0. The van der Waals surface area contributed by atoms with E-state index in [1.54, 1.807) is 0 Å². The van der Waals surface area contributed by atoms with Crippen LogP contribution in [0.15, 0.2) is 24.3 Å². The van der Waals surface area contributed by atoms with E-state index < -0.39 is 0 Å². The Hall–Kier alpha value is -0.980. The standard InChI is InChI=1S/C20H32O/c1-3-5-6-7-17-8-10-18(11-9-17)19-12-14-20(15-13-19)21-16-4-2/h12-15,17-18H,3-11,16H2,1-2H3. The van der Waals surface area contributed by atoms with E-state index >= 15 is 0 Å². The summed E-state index contributed by atoms with van der Waals surface area (Å²) >= 11 is 0. The van der Waals surface area contributed by atoms with Crippen molar-refractivity contribution in [2.24, 2.45) is 5.92 Å². The van der Waals surface area contributed by atoms with E-state index in [9.17, 15) is 0 Å². The predicted octanol–water partition coefficient (Wildman–Crippen LogP) is 6.33. The normalized spacial score (nSPS) is 22.2. The van der Waals surface area contributed by atoms with Gasteiger partial charge in [-0.25, -0.2) is 0 Å². The number of unbranched alkanes of at least 4 members (excludes halogenated alkanes) is 2. The zero-order chi connectivity index (χ0) is 14.9. The summed E-state index contributed by atoms with van der Waals surface area (Å²) in [6.07, 6.45) is 12.4. The van der Waals surface area contributed by atoms with Gasteiger partial charge in [0.15, 0.2) is 0 Å². The number of hydrogen-bond donors (Lipinski definition) is 0. The minimum Gasteiger partial charge on any atom is -0.494 e. The van der Waals surface area contributed by atoms with Crippen LogP contribution in [-0.4, -0.2) is 6.61 Å². The molecule has 1 saturated carbocycles. The molecule has 0 radical (unpaired) electrons. The lowest BCUT2D eigenvalue weighted by atomic mass is 9.77. The first-order valence-electron chi connectivity index (χ1n) is 9.06. The lowest BCUT2D eigenvalue weighted by Gasteiger charge is -2.29. The van der Waals surface area contributed by atoms with Gasteiger partial charge in [-0.1, -0.05) is 51.7 Å². The van der Waals surface area contributed by atoms with Crippen LogP contribution in [0.2, 0.25) is 0 Å². The fraction of sp³-hybridized carbons (Fsp3) is 0.700. The first kappa shape index (κ1) is 16.4. The van der Waals surface area contributed by atoms with Gasteiger partial charge >= 0.3 is 0 Å². The van der Waals surface area contributed by atoms with E-state index in [-0.39, 0.29) is 0 Å². The Morgan fingerprint density at radius 3 is 2.24 bits per heavy atom. The molecule has 0 aliphatic heterocycles. The van der Waals surface area contributed by atoms with Crippen LogP contribution in [0.25, 0.3) is 0 Å². The van der Waals surface area contributed by atoms with Crippen molar-refractivity contribution in [1.82, 2.24) is 0 Å². The molecular weight excluding hydrogens is 256 g/mol. The topological polar surface area (TPSA) is 9.23 Å². The molecule has 0 unspecified atom stereocenters. The Bertz CT molecular complexity index is 373. The Balaban J connectivity index is 1.76. The molecule has 0 saturated heterocycles. The van der Waals surface area contributed by atoms with Crippen LogP contribution in [-0.2, 0) is 0 Å². The molecule has 0 atom stereocenters. The van der Waals surface area contributed by atoms with E-state index in [2.05, 4.69) is 38.1 Å². The van der Waals surface area contributed by atoms with Gasteiger partial charge in [0.05, 0.1) is 6.61 Å². The highest BCUT2D eigenvalue weighted by molar-refractivity contribution is 5.29. The van der Waals surface area contributed by atoms with Gasteiger partial charge < -0.3 is 4.74 Å². The minimum atomic E-state index is 0.785. The maximum atomic E-state index is 5.67. The average Bonchev–Trinajstić information content (AvgIpc) is 2.54. The molecule has 0 amide bonds. The number of ether oxygens (including phenoxy) is 1. The number of hydrogen-bond acceptors (Lipinski definition) is 1. The predicted molar refractivity (Wildman–Crippen MR) is 91.1 cm³/mol. The molecule has 1 heteroatoms. The van der Waals surface area contributed by atoms with Gasteiger partial charge in [0.2, 0.25) is 0 Å². The molecule has 1 aromatic carbocycles. The summed E-state index contributed by atoms with van der Waals surface area (Å²) in [5, 5.41) is 0. The second-order valence-corrected chi connectivity index (χ2v) is 6.63. The second-order valence-electron chi connectivity index (χ2n) is 6.63. The van der Waals surface area contributed by atoms with Gasteiger partial charge in [0, 0.05) is 0 Å². The molecule has 1 aliphatic carbocycles. The van der Waals surface area contributed by atoms with Gasteiger partial charge in [0.25, 0.3) is 0 Å². The fourth-order valence-corrected chi connectivity index (χ4v) is 3.52. The number of benzene rings is 1. The lowest BCUT2D eigenvalue weighted by molar-refractivity contribution is 0.302. The van der Waals surface area contributed by atoms with Gasteiger partial charge in [-0.05, 0) is 61.6 Å². The first-order valence-corrected chi connectivity index (χ1v) is 9.06. The maximum Gasteiger partial charge on any atom is 0.119 e. The van der Waals surface area contributed by atoms with Crippen LogP contribution >= 0.6 is 0 Å². The van der Waals surface area contributed by atoms with Crippen molar-refractivity contribution in [2.75, 3.05) is 6.61 Å². The van der Waals surface area contributed by atoms with Crippen LogP contribution in [0.3, 0.4) is 0 Å². The highest BCUT2D eigenvalue weighted by atomic mass is 16.5. The van der Waals surface area contributed by atoms with Crippen molar-refractivity contribution in [3.63, 3.8) is 0 Å². The summed E-state index contributed by atoms with van der Waals surface area (Å²) in [5.74, 6) is 2.81. The molecule has 0 N–H and O–H groups in total. The summed E-state index contributed by atoms with van der Waals surface area (Å²) < 4.78 is 5.67. The molecule has 1 aromatic rings. The molecule has 0 aromatic heterocycles. The van der Waals surface area contributed by atoms with Crippen LogP contribution < -0.4 is 4.74 Å². The molecular formula is C20H32O. The average molecular weight is 288 g/mol. The van der Waals surface area contributed by atoms with Crippen molar-refractivity contribution in [3.8, 4) is 5.75 Å². The van der Waals surface area contributed by atoms with Crippen molar-refractivity contribution in [1.29, 1.82) is 0 Å². The van der Waals surface area contributed by atoms with Crippen LogP contribution in [0.5, 0.6) is 5.75 Å². The van der Waals surface area contributed by atoms with Crippen LogP contribution in [0.4, 0.5) is 0 Å². The highest BCUT2D eigenvalue weighted by Gasteiger charge is 2.21. The molecule has 1 nitrogen and oxygen atoms in total. The monoisotopic (exact) mass is 288 g/mol. The summed E-state index contributed by atoms with van der Waals surface area (Å²) in [7, 11) is 0. The smallest absolute Gasteiger partial charge is 0.119 e. The quantitative estimate of drug-likeness (QED) is 0.508. The molecule has 2 rings (SSSR count). The molecule has 118 valence electrons. The summed E-state index contributed by atoms with van der Waals surface area (Å²) in [6, 6.07) is 8.87. The molecule has 21 heavy (non-hydrogen) atoms. The third-order valence-corrected chi connectivity index (χ3v) is 4.89. The first-order chi connectivity index (χ1) is 10.3. The lowest BCUT2D eigenvalue weighted by Crippen LogP contribution is -2.13. The van der Waals surface area contributed by atoms with Gasteiger partial charge in [-0.15, -0.1) is 0 Å². The third-order valence-electron chi connectivity index (χ3n) is 4.89. The zero-order valence-electron chi connectivity index (χ0n) is 13.9. The molecule has 0 spiro atoms. The highest BCUT2D eigenvalue weighted by Crippen LogP contribution is 2.38. The van der Waals surface area contributed by atoms with E-state index in [4.69, 9.17) is 4.74 Å². The fourth-order valence-electron chi connectivity index (χ4n) is 3.52. The second kappa shape index (κ2) is 9.12. The van der Waals surface area contributed by atoms with Crippen molar-refractivity contribution < 1.29 is 4.74 Å². The van der Waals surface area contributed by atoms with Gasteiger partial charge in [-0.2, -0.15) is 0 Å². The van der Waals surface area contributed by atoms with Crippen molar-refractivity contribution in [3.05, 3.63) is 29.8 Å². The molecule has 0 heterocycles. The number of rotatable bonds is 8. The minimum absolute atomic E-state index is 0.785. The van der Waals surface area contributed by atoms with Crippen LogP contribution in [0.1, 0.15) is 83.1 Å². The van der Waals surface area contributed by atoms with E-state index in [1.165, 1.54) is 56.9 Å². The Labute approximate surface area is 131 Å². The Morgan fingerprint density at radius 1 is 0.905 bits per heavy atom. The molecule has 1 fully saturated rings. The third kappa shape index (κ3) is 5.37. The van der Waals surface area contributed by atoms with Gasteiger partial charge in [-0.3, -0.25) is 0 Å².